The van der Waals surface area contributed by atoms with Crippen molar-refractivity contribution in [3.8, 4) is 22.2 Å². The number of azo groups is 1. The molecule has 3 aliphatic rings. The molecule has 1 unspecified atom stereocenters. The molecule has 67 heavy (non-hydrogen) atoms. The van der Waals surface area contributed by atoms with Gasteiger partial charge in [-0.1, -0.05) is 29.8 Å². The molecule has 348 valence electrons. The van der Waals surface area contributed by atoms with E-state index in [0.29, 0.717) is 59.3 Å². The van der Waals surface area contributed by atoms with Crippen LogP contribution in [0.5, 0.6) is 17.2 Å². The number of carbonyl (C=O) groups excluding carboxylic acids is 5. The Hall–Kier alpha value is -6.99. The Kier molecular flexibility index (Phi) is 14.1. The largest absolute Gasteiger partial charge is 0.493 e. The number of unbranched alkanes of at least 4 members (excludes halogenated alkanes) is 2. The molecule has 5 heterocycles. The van der Waals surface area contributed by atoms with Crippen LogP contribution in [0.25, 0.3) is 5.00 Å². The topological polar surface area (TPSA) is 220 Å². The SMILES string of the molecule is COc1cc(/N=N/c2cccc3c2CN(C2CCC(=O)NC2=O)C3=O)cc(OC)c1OCC(=O)NCCCCCNC(=O)C[C@@H]1N=C(c2ccc(Cl)cc2)c2c(sc(C)c2C)-n2c(C)nnc21. The van der Waals surface area contributed by atoms with Crippen molar-refractivity contribution in [3.63, 3.8) is 0 Å². The van der Waals surface area contributed by atoms with E-state index in [9.17, 15) is 24.0 Å². The summed E-state index contributed by atoms with van der Waals surface area (Å²) >= 11 is 7.89. The van der Waals surface area contributed by atoms with Crippen LogP contribution in [-0.4, -0.2) is 94.9 Å². The minimum Gasteiger partial charge on any atom is -0.493 e. The molecular formula is C47H49ClN10O8S. The standard InChI is InChI=1S/C47H49ClN10O8S/c1-25-26(2)67-47-41(25)42(28-12-14-29(48)15-13-28)51-34(44-56-53-27(3)58(44)47)22-39(60)49-18-7-6-8-19-50-40(61)24-66-43-36(64-4)20-30(21-37(43)65-5)54-55-33-11-9-10-31-32(33)23-57(46(31)63)35-16-17-38(59)52-45(35)62/h9-15,20-21,34-35H,6-8,16-19,22-24H2,1-5H3,(H,49,60)(H,50,61)(H,52,59,62)/b55-54+/t34-,35?/m0/s1. The second-order valence-electron chi connectivity index (χ2n) is 16.2. The third-order valence-corrected chi connectivity index (χ3v) is 13.3. The molecule has 1 saturated heterocycles. The number of aromatic nitrogens is 3. The molecule has 3 aromatic carbocycles. The molecule has 2 aromatic heterocycles. The van der Waals surface area contributed by atoms with Crippen LogP contribution in [0.1, 0.15) is 93.7 Å². The van der Waals surface area contributed by atoms with E-state index in [-0.39, 0.29) is 73.3 Å². The van der Waals surface area contributed by atoms with Crippen molar-refractivity contribution in [2.75, 3.05) is 33.9 Å². The summed E-state index contributed by atoms with van der Waals surface area (Å²) in [6.45, 7) is 6.78. The second-order valence-corrected chi connectivity index (χ2v) is 17.9. The van der Waals surface area contributed by atoms with Crippen LogP contribution in [0.15, 0.2) is 69.8 Å². The number of amides is 5. The molecule has 5 amide bonds. The number of nitrogens with zero attached hydrogens (tertiary/aromatic N) is 7. The first-order valence-electron chi connectivity index (χ1n) is 21.8. The minimum atomic E-state index is -0.755. The third kappa shape index (κ3) is 9.93. The number of ether oxygens (including phenoxy) is 3. The lowest BCUT2D eigenvalue weighted by molar-refractivity contribution is -0.137. The van der Waals surface area contributed by atoms with Crippen LogP contribution in [0.2, 0.25) is 5.02 Å². The van der Waals surface area contributed by atoms with Crippen LogP contribution < -0.4 is 30.2 Å². The van der Waals surface area contributed by atoms with Gasteiger partial charge in [0, 0.05) is 70.3 Å². The van der Waals surface area contributed by atoms with E-state index >= 15 is 0 Å². The van der Waals surface area contributed by atoms with E-state index in [1.54, 1.807) is 41.7 Å². The molecule has 0 saturated carbocycles. The zero-order chi connectivity index (χ0) is 47.4. The summed E-state index contributed by atoms with van der Waals surface area (Å²) in [5.74, 6) is 0.389. The van der Waals surface area contributed by atoms with Gasteiger partial charge in [-0.2, -0.15) is 10.2 Å². The Morgan fingerprint density at radius 1 is 0.925 bits per heavy atom. The summed E-state index contributed by atoms with van der Waals surface area (Å²) < 4.78 is 19.0. The number of thiophene rings is 1. The third-order valence-electron chi connectivity index (χ3n) is 11.9. The maximum Gasteiger partial charge on any atom is 0.257 e. The van der Waals surface area contributed by atoms with E-state index < -0.39 is 18.0 Å². The van der Waals surface area contributed by atoms with Gasteiger partial charge in [0.15, 0.2) is 23.9 Å². The van der Waals surface area contributed by atoms with Gasteiger partial charge in [0.05, 0.1) is 37.7 Å². The molecule has 0 bridgehead atoms. The average Bonchev–Trinajstić information content (AvgIpc) is 3.93. The predicted molar refractivity (Wildman–Crippen MR) is 249 cm³/mol. The van der Waals surface area contributed by atoms with Crippen molar-refractivity contribution in [1.29, 1.82) is 0 Å². The minimum absolute atomic E-state index is 0.0910. The van der Waals surface area contributed by atoms with Gasteiger partial charge in [-0.05, 0) is 76.3 Å². The summed E-state index contributed by atoms with van der Waals surface area (Å²) in [5.41, 5.74) is 5.63. The molecule has 3 aliphatic heterocycles. The lowest BCUT2D eigenvalue weighted by Crippen LogP contribution is -2.52. The molecular weight excluding hydrogens is 900 g/mol. The van der Waals surface area contributed by atoms with E-state index in [1.807, 2.05) is 35.8 Å². The average molecular weight is 949 g/mol. The van der Waals surface area contributed by atoms with Crippen molar-refractivity contribution < 1.29 is 38.2 Å². The Balaban J connectivity index is 0.805. The van der Waals surface area contributed by atoms with Gasteiger partial charge in [-0.3, -0.25) is 38.8 Å². The van der Waals surface area contributed by atoms with Crippen LogP contribution in [-0.2, 0) is 25.7 Å². The number of methoxy groups -OCH3 is 2. The van der Waals surface area contributed by atoms with Gasteiger partial charge < -0.3 is 29.7 Å². The van der Waals surface area contributed by atoms with Crippen molar-refractivity contribution in [1.82, 2.24) is 35.6 Å². The van der Waals surface area contributed by atoms with Gasteiger partial charge in [-0.15, -0.1) is 21.5 Å². The number of benzene rings is 3. The second kappa shape index (κ2) is 20.3. The molecule has 18 nitrogen and oxygen atoms in total. The van der Waals surface area contributed by atoms with Crippen molar-refractivity contribution in [3.05, 3.63) is 104 Å². The Labute approximate surface area is 395 Å². The predicted octanol–water partition coefficient (Wildman–Crippen LogP) is 6.86. The molecule has 8 rings (SSSR count). The molecule has 3 N–H and O–H groups in total. The Bertz CT molecular complexity index is 2800. The smallest absolute Gasteiger partial charge is 0.257 e. The monoisotopic (exact) mass is 948 g/mol. The lowest BCUT2D eigenvalue weighted by atomic mass is 9.99. The van der Waals surface area contributed by atoms with Gasteiger partial charge in [0.1, 0.15) is 22.9 Å². The van der Waals surface area contributed by atoms with E-state index in [1.165, 1.54) is 24.0 Å². The molecule has 0 aliphatic carbocycles. The zero-order valence-electron chi connectivity index (χ0n) is 37.6. The van der Waals surface area contributed by atoms with E-state index in [4.69, 9.17) is 30.8 Å². The Morgan fingerprint density at radius 2 is 1.64 bits per heavy atom. The summed E-state index contributed by atoms with van der Waals surface area (Å²) in [6, 6.07) is 14.5. The van der Waals surface area contributed by atoms with Gasteiger partial charge >= 0.3 is 0 Å². The lowest BCUT2D eigenvalue weighted by Gasteiger charge is -2.29. The molecule has 0 spiro atoms. The zero-order valence-corrected chi connectivity index (χ0v) is 39.2. The molecule has 2 atom stereocenters. The molecule has 5 aromatic rings. The number of hydrogen-bond acceptors (Lipinski definition) is 14. The first-order chi connectivity index (χ1) is 32.3. The number of carbonyl (C=O) groups is 5. The first-order valence-corrected chi connectivity index (χ1v) is 23.0. The highest BCUT2D eigenvalue weighted by Gasteiger charge is 2.40. The van der Waals surface area contributed by atoms with E-state index in [2.05, 4.69) is 50.2 Å². The summed E-state index contributed by atoms with van der Waals surface area (Å²) in [6.07, 6.45) is 2.64. The van der Waals surface area contributed by atoms with Crippen LogP contribution in [0.4, 0.5) is 11.4 Å². The summed E-state index contributed by atoms with van der Waals surface area (Å²) in [7, 11) is 2.89. The quantitative estimate of drug-likeness (QED) is 0.0499. The number of nitrogens with one attached hydrogen (secondary N) is 3. The number of piperidine rings is 1. The van der Waals surface area contributed by atoms with Crippen LogP contribution in [0.3, 0.4) is 0 Å². The van der Waals surface area contributed by atoms with Crippen LogP contribution in [0, 0.1) is 20.8 Å². The van der Waals surface area contributed by atoms with Gasteiger partial charge in [-0.25, -0.2) is 0 Å². The fraction of sp³-hybridized carbons (Fsp3) is 0.362. The Morgan fingerprint density at radius 3 is 2.34 bits per heavy atom. The summed E-state index contributed by atoms with van der Waals surface area (Å²) in [4.78, 5) is 71.4. The maximum atomic E-state index is 13.4. The van der Waals surface area contributed by atoms with Crippen molar-refractivity contribution >= 4 is 69.6 Å². The molecule has 20 heteroatoms. The van der Waals surface area contributed by atoms with Crippen LogP contribution >= 0.6 is 22.9 Å². The molecule has 0 radical (unpaired) electrons. The fourth-order valence-corrected chi connectivity index (χ4v) is 9.63. The highest BCUT2D eigenvalue weighted by molar-refractivity contribution is 7.15. The number of hydrogen-bond donors (Lipinski definition) is 3. The highest BCUT2D eigenvalue weighted by atomic mass is 35.5. The van der Waals surface area contributed by atoms with Crippen molar-refractivity contribution in [2.24, 2.45) is 15.2 Å². The number of aliphatic imine (C=N–C) groups is 1. The van der Waals surface area contributed by atoms with Gasteiger partial charge in [0.25, 0.3) is 11.8 Å². The summed E-state index contributed by atoms with van der Waals surface area (Å²) in [5, 5.41) is 27.5. The van der Waals surface area contributed by atoms with Crippen molar-refractivity contribution in [2.45, 2.75) is 77.9 Å². The van der Waals surface area contributed by atoms with E-state index in [0.717, 1.165) is 39.6 Å². The number of halogens is 1. The number of rotatable bonds is 17. The highest BCUT2D eigenvalue weighted by Crippen LogP contribution is 2.43. The number of fused-ring (bicyclic) bond motifs is 4. The molecule has 1 fully saturated rings. The maximum absolute atomic E-state index is 13.4. The normalized spacial score (nSPS) is 16.5. The van der Waals surface area contributed by atoms with Gasteiger partial charge in [0.2, 0.25) is 23.5 Å². The number of aryl methyl sites for hydroxylation is 2. The fourth-order valence-electron chi connectivity index (χ4n) is 8.29. The first kappa shape index (κ1) is 46.5. The number of imide groups is 1.